The summed E-state index contributed by atoms with van der Waals surface area (Å²) in [6.45, 7) is 11.0. The molecular weight excluding hydrogens is 274 g/mol. The largest absolute Gasteiger partial charge is 0.493 e. The Bertz CT molecular complexity index is 841. The number of hydrogen-bond donors (Lipinski definition) is 0. The molecular formula is C18H11N3O. The third-order valence-corrected chi connectivity index (χ3v) is 3.31. The molecule has 1 aliphatic heterocycles. The van der Waals surface area contributed by atoms with E-state index in [2.05, 4.69) is 10.8 Å². The zero-order valence-electron chi connectivity index (χ0n) is 12.1. The van der Waals surface area contributed by atoms with Gasteiger partial charge in [-0.1, -0.05) is 18.1 Å². The lowest BCUT2D eigenvalue weighted by Crippen LogP contribution is -2.21. The van der Waals surface area contributed by atoms with Gasteiger partial charge in [0.1, 0.15) is 17.7 Å². The Hall–Kier alpha value is -3.47. The molecule has 4 heteroatoms. The Kier molecular flexibility index (Phi) is 3.73. The van der Waals surface area contributed by atoms with E-state index in [0.29, 0.717) is 5.57 Å². The summed E-state index contributed by atoms with van der Waals surface area (Å²) in [6.07, 6.45) is 5.34. The molecule has 0 saturated carbocycles. The lowest BCUT2D eigenvalue weighted by atomic mass is 9.90. The molecule has 2 rings (SSSR count). The summed E-state index contributed by atoms with van der Waals surface area (Å²) in [5.74, 6) is 2.58. The fraction of sp³-hybridized carbons (Fsp3) is 0.167. The predicted octanol–water partition coefficient (Wildman–Crippen LogP) is 3.41. The van der Waals surface area contributed by atoms with Crippen LogP contribution in [0.25, 0.3) is 10.4 Å². The maximum absolute atomic E-state index is 9.04. The molecule has 1 aromatic rings. The Morgan fingerprint density at radius 1 is 1.23 bits per heavy atom. The van der Waals surface area contributed by atoms with E-state index in [4.69, 9.17) is 28.3 Å². The van der Waals surface area contributed by atoms with Crippen LogP contribution < -0.4 is 0 Å². The van der Waals surface area contributed by atoms with E-state index in [9.17, 15) is 0 Å². The molecule has 0 aromatic heterocycles. The minimum Gasteiger partial charge on any atom is -0.493 e. The van der Waals surface area contributed by atoms with E-state index in [1.807, 2.05) is 12.1 Å². The fourth-order valence-electron chi connectivity index (χ4n) is 2.37. The van der Waals surface area contributed by atoms with Crippen molar-refractivity contribution in [3.05, 3.63) is 63.8 Å². The van der Waals surface area contributed by atoms with Gasteiger partial charge < -0.3 is 4.74 Å². The lowest BCUT2D eigenvalue weighted by Gasteiger charge is -2.23. The molecule has 0 amide bonds. The number of terminal acetylenes is 1. The van der Waals surface area contributed by atoms with E-state index >= 15 is 0 Å². The van der Waals surface area contributed by atoms with Crippen LogP contribution in [0.1, 0.15) is 25.0 Å². The Morgan fingerprint density at radius 2 is 1.82 bits per heavy atom. The Labute approximate surface area is 129 Å². The van der Waals surface area contributed by atoms with E-state index in [0.717, 1.165) is 11.1 Å². The first kappa shape index (κ1) is 14.9. The monoisotopic (exact) mass is 285 g/mol. The highest BCUT2D eigenvalue weighted by molar-refractivity contribution is 5.82. The SMILES string of the molecule is [C-]#[N+]C1=C(c2ccc(C#C)cc2)C(C)(C)OC1=C(C#N)C#N. The van der Waals surface area contributed by atoms with Crippen LogP contribution in [0.15, 0.2) is 41.3 Å². The summed E-state index contributed by atoms with van der Waals surface area (Å²) in [6, 6.07) is 10.7. The number of rotatable bonds is 1. The quantitative estimate of drug-likeness (QED) is 0.451. The highest BCUT2D eigenvalue weighted by atomic mass is 16.5. The molecule has 0 saturated heterocycles. The second-order valence-electron chi connectivity index (χ2n) is 5.10. The predicted molar refractivity (Wildman–Crippen MR) is 81.3 cm³/mol. The molecule has 22 heavy (non-hydrogen) atoms. The highest BCUT2D eigenvalue weighted by Gasteiger charge is 2.40. The van der Waals surface area contributed by atoms with Crippen molar-refractivity contribution in [1.82, 2.24) is 0 Å². The second kappa shape index (κ2) is 5.49. The van der Waals surface area contributed by atoms with Crippen LogP contribution in [0.3, 0.4) is 0 Å². The minimum absolute atomic E-state index is 0.0426. The van der Waals surface area contributed by atoms with Crippen molar-refractivity contribution in [3.8, 4) is 24.5 Å². The van der Waals surface area contributed by atoms with E-state index in [1.54, 1.807) is 38.1 Å². The van der Waals surface area contributed by atoms with Crippen LogP contribution in [-0.2, 0) is 4.74 Å². The van der Waals surface area contributed by atoms with Gasteiger partial charge >= 0.3 is 0 Å². The molecule has 0 N–H and O–H groups in total. The van der Waals surface area contributed by atoms with E-state index in [1.165, 1.54) is 0 Å². The molecule has 0 bridgehead atoms. The van der Waals surface area contributed by atoms with Gasteiger partial charge in [0.15, 0.2) is 11.3 Å². The van der Waals surface area contributed by atoms with Crippen molar-refractivity contribution in [2.45, 2.75) is 19.4 Å². The summed E-state index contributed by atoms with van der Waals surface area (Å²) in [7, 11) is 0. The van der Waals surface area contributed by atoms with E-state index in [-0.39, 0.29) is 17.0 Å². The average molecular weight is 285 g/mol. The van der Waals surface area contributed by atoms with Gasteiger partial charge in [0.05, 0.1) is 6.57 Å². The lowest BCUT2D eigenvalue weighted by molar-refractivity contribution is 0.109. The van der Waals surface area contributed by atoms with Crippen molar-refractivity contribution in [2.75, 3.05) is 0 Å². The molecule has 4 nitrogen and oxygen atoms in total. The van der Waals surface area contributed by atoms with Crippen LogP contribution in [0, 0.1) is 41.6 Å². The molecule has 1 aliphatic rings. The van der Waals surface area contributed by atoms with Crippen LogP contribution in [-0.4, -0.2) is 5.60 Å². The molecule has 1 aromatic carbocycles. The first-order chi connectivity index (χ1) is 10.5. The first-order valence-corrected chi connectivity index (χ1v) is 6.41. The zero-order valence-corrected chi connectivity index (χ0v) is 12.1. The minimum atomic E-state index is -0.814. The van der Waals surface area contributed by atoms with Gasteiger partial charge in [-0.3, -0.25) is 0 Å². The van der Waals surface area contributed by atoms with Crippen LogP contribution in [0.4, 0.5) is 0 Å². The van der Waals surface area contributed by atoms with Gasteiger partial charge in [-0.25, -0.2) is 4.85 Å². The number of nitrogens with zero attached hydrogens (tertiary/aromatic N) is 3. The highest BCUT2D eigenvalue weighted by Crippen LogP contribution is 2.45. The summed E-state index contributed by atoms with van der Waals surface area (Å²) in [5.41, 5.74) is 1.33. The number of nitriles is 2. The number of benzene rings is 1. The summed E-state index contributed by atoms with van der Waals surface area (Å²) in [5, 5.41) is 18.1. The number of allylic oxidation sites excluding steroid dienone is 1. The second-order valence-corrected chi connectivity index (χ2v) is 5.10. The Balaban J connectivity index is 2.75. The molecule has 0 aliphatic carbocycles. The Morgan fingerprint density at radius 3 is 2.27 bits per heavy atom. The van der Waals surface area contributed by atoms with Gasteiger partial charge in [0.2, 0.25) is 5.70 Å². The van der Waals surface area contributed by atoms with Crippen molar-refractivity contribution < 1.29 is 4.74 Å². The number of ether oxygens (including phenoxy) is 1. The molecule has 0 atom stereocenters. The maximum Gasteiger partial charge on any atom is 0.237 e. The normalized spacial score (nSPS) is 15.1. The van der Waals surface area contributed by atoms with Gasteiger partial charge in [-0.15, -0.1) is 6.42 Å². The van der Waals surface area contributed by atoms with Crippen LogP contribution >= 0.6 is 0 Å². The van der Waals surface area contributed by atoms with Crippen molar-refractivity contribution in [3.63, 3.8) is 0 Å². The average Bonchev–Trinajstić information content (AvgIpc) is 2.79. The standard InChI is InChI=1S/C18H11N3O/c1-5-12-6-8-13(9-7-12)15-16(21-4)17(14(10-19)11-20)22-18(15,2)3/h1,6-9H,2-3H3. The van der Waals surface area contributed by atoms with Gasteiger partial charge in [0, 0.05) is 11.1 Å². The van der Waals surface area contributed by atoms with Crippen molar-refractivity contribution in [2.24, 2.45) is 0 Å². The van der Waals surface area contributed by atoms with Gasteiger partial charge in [-0.05, 0) is 31.5 Å². The summed E-state index contributed by atoms with van der Waals surface area (Å²) >= 11 is 0. The summed E-state index contributed by atoms with van der Waals surface area (Å²) in [4.78, 5) is 3.49. The molecule has 104 valence electrons. The third kappa shape index (κ3) is 2.31. The molecule has 0 spiro atoms. The van der Waals surface area contributed by atoms with E-state index < -0.39 is 5.60 Å². The zero-order chi connectivity index (χ0) is 16.3. The smallest absolute Gasteiger partial charge is 0.237 e. The first-order valence-electron chi connectivity index (χ1n) is 6.41. The van der Waals surface area contributed by atoms with Gasteiger partial charge in [0.25, 0.3) is 0 Å². The maximum atomic E-state index is 9.04. The molecule has 0 unspecified atom stereocenters. The molecule has 1 heterocycles. The third-order valence-electron chi connectivity index (χ3n) is 3.31. The van der Waals surface area contributed by atoms with Crippen LogP contribution in [0.2, 0.25) is 0 Å². The van der Waals surface area contributed by atoms with Crippen molar-refractivity contribution >= 4 is 5.57 Å². The topological polar surface area (TPSA) is 61.2 Å². The summed E-state index contributed by atoms with van der Waals surface area (Å²) < 4.78 is 5.73. The van der Waals surface area contributed by atoms with Crippen LogP contribution in [0.5, 0.6) is 0 Å². The molecule has 0 radical (unpaired) electrons. The molecule has 0 fully saturated rings. The van der Waals surface area contributed by atoms with Crippen molar-refractivity contribution in [1.29, 1.82) is 10.5 Å². The van der Waals surface area contributed by atoms with Gasteiger partial charge in [-0.2, -0.15) is 10.5 Å². The fourth-order valence-corrected chi connectivity index (χ4v) is 2.37. The number of hydrogen-bond acceptors (Lipinski definition) is 3.